The van der Waals surface area contributed by atoms with E-state index in [4.69, 9.17) is 0 Å². The zero-order valence-corrected chi connectivity index (χ0v) is 15.7. The number of halogens is 1. The van der Waals surface area contributed by atoms with Crippen LogP contribution in [-0.2, 0) is 6.54 Å². The maximum atomic E-state index is 13.3. The largest absolute Gasteiger partial charge is 0.322 e. The second-order valence-electron chi connectivity index (χ2n) is 7.23. The lowest BCUT2D eigenvalue weighted by molar-refractivity contribution is 0.102. The van der Waals surface area contributed by atoms with Gasteiger partial charge in [0.2, 0.25) is 0 Å². The van der Waals surface area contributed by atoms with Crippen LogP contribution in [0.4, 0.5) is 10.1 Å². The average Bonchev–Trinajstić information content (AvgIpc) is 3.22. The van der Waals surface area contributed by atoms with Crippen molar-refractivity contribution >= 4 is 11.6 Å². The number of rotatable bonds is 5. The predicted molar refractivity (Wildman–Crippen MR) is 111 cm³/mol. The summed E-state index contributed by atoms with van der Waals surface area (Å²) in [5.74, 6) is -0.743. The zero-order valence-electron chi connectivity index (χ0n) is 15.7. The molecule has 0 spiro atoms. The molecule has 1 saturated heterocycles. The van der Waals surface area contributed by atoms with E-state index in [1.54, 1.807) is 6.07 Å². The molecule has 3 nitrogen and oxygen atoms in total. The predicted octanol–water partition coefficient (Wildman–Crippen LogP) is 5.34. The number of anilines is 1. The Hall–Kier alpha value is -2.98. The first kappa shape index (κ1) is 18.4. The van der Waals surface area contributed by atoms with Gasteiger partial charge < -0.3 is 5.32 Å². The van der Waals surface area contributed by atoms with Crippen molar-refractivity contribution in [3.05, 3.63) is 89.7 Å². The van der Waals surface area contributed by atoms with E-state index in [1.807, 2.05) is 24.3 Å². The molecule has 0 unspecified atom stereocenters. The van der Waals surface area contributed by atoms with Gasteiger partial charge in [0.15, 0.2) is 0 Å². The third-order valence-corrected chi connectivity index (χ3v) is 5.10. The topological polar surface area (TPSA) is 32.3 Å². The molecule has 0 bridgehead atoms. The second kappa shape index (κ2) is 8.36. The molecule has 4 heteroatoms. The lowest BCUT2D eigenvalue weighted by atomic mass is 10.0. The lowest BCUT2D eigenvalue weighted by Crippen LogP contribution is -2.18. The summed E-state index contributed by atoms with van der Waals surface area (Å²) < 4.78 is 13.3. The number of hydrogen-bond donors (Lipinski definition) is 1. The van der Waals surface area contributed by atoms with Crippen LogP contribution < -0.4 is 5.32 Å². The number of nitrogens with zero attached hydrogens (tertiary/aromatic N) is 1. The van der Waals surface area contributed by atoms with E-state index in [0.717, 1.165) is 17.7 Å². The highest BCUT2D eigenvalue weighted by atomic mass is 19.1. The van der Waals surface area contributed by atoms with Crippen molar-refractivity contribution in [2.24, 2.45) is 0 Å². The van der Waals surface area contributed by atoms with Crippen LogP contribution in [0.25, 0.3) is 11.1 Å². The minimum atomic E-state index is -0.421. The van der Waals surface area contributed by atoms with Gasteiger partial charge in [-0.1, -0.05) is 42.5 Å². The van der Waals surface area contributed by atoms with Crippen LogP contribution in [-0.4, -0.2) is 23.9 Å². The van der Waals surface area contributed by atoms with Gasteiger partial charge in [-0.3, -0.25) is 9.69 Å². The van der Waals surface area contributed by atoms with Crippen molar-refractivity contribution in [3.63, 3.8) is 0 Å². The number of likely N-dealkylation sites (tertiary alicyclic amines) is 1. The standard InChI is InChI=1S/C24H23FN2O/c25-22-7-3-6-21(15-22)24(28)26-23-8-4-5-20(16-23)19-11-9-18(10-12-19)17-27-13-1-2-14-27/h3-12,15-16H,1-2,13-14,17H2,(H,26,28). The zero-order chi connectivity index (χ0) is 19.3. The number of amides is 1. The summed E-state index contributed by atoms with van der Waals surface area (Å²) in [4.78, 5) is 14.8. The Kier molecular flexibility index (Phi) is 5.49. The van der Waals surface area contributed by atoms with Crippen LogP contribution in [0, 0.1) is 5.82 Å². The summed E-state index contributed by atoms with van der Waals surface area (Å²) in [6, 6.07) is 22.0. The summed E-state index contributed by atoms with van der Waals surface area (Å²) in [5, 5.41) is 2.84. The van der Waals surface area contributed by atoms with E-state index in [2.05, 4.69) is 34.5 Å². The fourth-order valence-corrected chi connectivity index (χ4v) is 3.61. The molecule has 1 aliphatic heterocycles. The van der Waals surface area contributed by atoms with Crippen molar-refractivity contribution < 1.29 is 9.18 Å². The number of benzene rings is 3. The SMILES string of the molecule is O=C(Nc1cccc(-c2ccc(CN3CCCC3)cc2)c1)c1cccc(F)c1. The van der Waals surface area contributed by atoms with Crippen LogP contribution in [0.3, 0.4) is 0 Å². The summed E-state index contributed by atoms with van der Waals surface area (Å²) in [7, 11) is 0. The second-order valence-corrected chi connectivity index (χ2v) is 7.23. The molecule has 1 fully saturated rings. The molecule has 1 N–H and O–H groups in total. The fraction of sp³-hybridized carbons (Fsp3) is 0.208. The van der Waals surface area contributed by atoms with E-state index >= 15 is 0 Å². The van der Waals surface area contributed by atoms with E-state index in [-0.39, 0.29) is 5.91 Å². The van der Waals surface area contributed by atoms with Gasteiger partial charge in [0.1, 0.15) is 5.82 Å². The van der Waals surface area contributed by atoms with Crippen molar-refractivity contribution in [2.75, 3.05) is 18.4 Å². The Labute approximate surface area is 164 Å². The Morgan fingerprint density at radius 1 is 0.893 bits per heavy atom. The molecule has 1 amide bonds. The maximum absolute atomic E-state index is 13.3. The fourth-order valence-electron chi connectivity index (χ4n) is 3.61. The average molecular weight is 374 g/mol. The first-order valence-electron chi connectivity index (χ1n) is 9.66. The number of carbonyl (C=O) groups excluding carboxylic acids is 1. The van der Waals surface area contributed by atoms with Gasteiger partial charge in [-0.15, -0.1) is 0 Å². The first-order valence-corrected chi connectivity index (χ1v) is 9.66. The van der Waals surface area contributed by atoms with Crippen LogP contribution in [0.15, 0.2) is 72.8 Å². The van der Waals surface area contributed by atoms with Crippen molar-refractivity contribution in [2.45, 2.75) is 19.4 Å². The highest BCUT2D eigenvalue weighted by molar-refractivity contribution is 6.04. The molecule has 3 aromatic rings. The lowest BCUT2D eigenvalue weighted by Gasteiger charge is -2.15. The molecular formula is C24H23FN2O. The van der Waals surface area contributed by atoms with Crippen molar-refractivity contribution in [3.8, 4) is 11.1 Å². The van der Waals surface area contributed by atoms with Crippen LogP contribution in [0.5, 0.6) is 0 Å². The van der Waals surface area contributed by atoms with E-state index in [9.17, 15) is 9.18 Å². The van der Waals surface area contributed by atoms with Gasteiger partial charge in [-0.2, -0.15) is 0 Å². The smallest absolute Gasteiger partial charge is 0.255 e. The molecule has 0 radical (unpaired) electrons. The molecule has 0 saturated carbocycles. The summed E-state index contributed by atoms with van der Waals surface area (Å²) in [5.41, 5.74) is 4.45. The maximum Gasteiger partial charge on any atom is 0.255 e. The highest BCUT2D eigenvalue weighted by Gasteiger charge is 2.12. The van der Waals surface area contributed by atoms with E-state index < -0.39 is 5.82 Å². The summed E-state index contributed by atoms with van der Waals surface area (Å²) in [6.45, 7) is 3.38. The minimum absolute atomic E-state index is 0.302. The molecule has 4 rings (SSSR count). The first-order chi connectivity index (χ1) is 13.7. The molecule has 0 aromatic heterocycles. The van der Waals surface area contributed by atoms with Gasteiger partial charge in [-0.05, 0) is 73.0 Å². The highest BCUT2D eigenvalue weighted by Crippen LogP contribution is 2.24. The normalized spacial score (nSPS) is 14.2. The molecule has 1 heterocycles. The number of hydrogen-bond acceptors (Lipinski definition) is 2. The Morgan fingerprint density at radius 3 is 2.39 bits per heavy atom. The van der Waals surface area contributed by atoms with E-state index in [1.165, 1.54) is 49.7 Å². The van der Waals surface area contributed by atoms with Gasteiger partial charge in [0.25, 0.3) is 5.91 Å². The monoisotopic (exact) mass is 374 g/mol. The Bertz CT molecular complexity index is 962. The quantitative estimate of drug-likeness (QED) is 0.654. The Morgan fingerprint density at radius 2 is 1.64 bits per heavy atom. The molecule has 0 atom stereocenters. The third-order valence-electron chi connectivity index (χ3n) is 5.10. The molecule has 28 heavy (non-hydrogen) atoms. The molecule has 1 aliphatic rings. The summed E-state index contributed by atoms with van der Waals surface area (Å²) in [6.07, 6.45) is 2.60. The third kappa shape index (κ3) is 4.46. The molecule has 3 aromatic carbocycles. The van der Waals surface area contributed by atoms with Crippen LogP contribution in [0.2, 0.25) is 0 Å². The summed E-state index contributed by atoms with van der Waals surface area (Å²) >= 11 is 0. The molecular weight excluding hydrogens is 351 g/mol. The van der Waals surface area contributed by atoms with Gasteiger partial charge >= 0.3 is 0 Å². The molecule has 142 valence electrons. The minimum Gasteiger partial charge on any atom is -0.322 e. The van der Waals surface area contributed by atoms with Gasteiger partial charge in [0.05, 0.1) is 0 Å². The van der Waals surface area contributed by atoms with Gasteiger partial charge in [-0.25, -0.2) is 4.39 Å². The van der Waals surface area contributed by atoms with Crippen LogP contribution >= 0.6 is 0 Å². The van der Waals surface area contributed by atoms with Crippen molar-refractivity contribution in [1.82, 2.24) is 4.90 Å². The van der Waals surface area contributed by atoms with Crippen molar-refractivity contribution in [1.29, 1.82) is 0 Å². The Balaban J connectivity index is 1.46. The number of nitrogens with one attached hydrogen (secondary N) is 1. The molecule has 0 aliphatic carbocycles. The van der Waals surface area contributed by atoms with Gasteiger partial charge in [0, 0.05) is 17.8 Å². The number of carbonyl (C=O) groups is 1. The van der Waals surface area contributed by atoms with E-state index in [0.29, 0.717) is 11.3 Å². The van der Waals surface area contributed by atoms with Crippen LogP contribution in [0.1, 0.15) is 28.8 Å².